The Balaban J connectivity index is 1.21. The van der Waals surface area contributed by atoms with Crippen LogP contribution in [-0.4, -0.2) is 61.7 Å². The minimum absolute atomic E-state index is 0.0150. The van der Waals surface area contributed by atoms with Crippen molar-refractivity contribution in [2.75, 3.05) is 13.1 Å². The fourth-order valence-corrected chi connectivity index (χ4v) is 13.9. The van der Waals surface area contributed by atoms with Crippen LogP contribution >= 0.6 is 0 Å². The number of carbonyl (C=O) groups is 3. The number of hydrogen-bond acceptors (Lipinski definition) is 8. The van der Waals surface area contributed by atoms with Crippen LogP contribution in [-0.2, 0) is 35.6 Å². The number of benzene rings is 1. The highest BCUT2D eigenvalue weighted by molar-refractivity contribution is 7.89. The number of fused-ring (bicyclic) bond motifs is 7. The number of carboxylic acid groups (broad SMARTS) is 1. The van der Waals surface area contributed by atoms with Crippen molar-refractivity contribution in [2.45, 2.75) is 150 Å². The van der Waals surface area contributed by atoms with Gasteiger partial charge in [0.25, 0.3) is 0 Å². The summed E-state index contributed by atoms with van der Waals surface area (Å²) in [6.45, 7) is 20.4. The molecule has 5 N–H and O–H groups in total. The number of aliphatic carboxylic acids is 1. The van der Waals surface area contributed by atoms with Gasteiger partial charge in [0.05, 0.1) is 22.8 Å². The molecule has 0 radical (unpaired) electrons. The zero-order valence-electron chi connectivity index (χ0n) is 35.3. The average Bonchev–Trinajstić information content (AvgIpc) is 3.41. The van der Waals surface area contributed by atoms with E-state index in [0.29, 0.717) is 37.8 Å². The average molecular weight is 797 g/mol. The number of ketones is 1. The molecule has 0 amide bonds. The van der Waals surface area contributed by atoms with Gasteiger partial charge in [-0.3, -0.25) is 14.4 Å². The van der Waals surface area contributed by atoms with Crippen LogP contribution in [0, 0.1) is 56.2 Å². The Labute approximate surface area is 335 Å². The first-order valence-corrected chi connectivity index (χ1v) is 22.6. The Kier molecular flexibility index (Phi) is 11.2. The zero-order valence-corrected chi connectivity index (χ0v) is 36.1. The lowest BCUT2D eigenvalue weighted by atomic mass is 9.33. The van der Waals surface area contributed by atoms with Crippen molar-refractivity contribution >= 4 is 27.7 Å². The molecule has 6 rings (SSSR count). The fraction of sp³-hybridized carbons (Fsp3) is 0.756. The van der Waals surface area contributed by atoms with Crippen LogP contribution in [0.25, 0.3) is 0 Å². The van der Waals surface area contributed by atoms with E-state index >= 15 is 0 Å². The van der Waals surface area contributed by atoms with E-state index < -0.39 is 38.9 Å². The van der Waals surface area contributed by atoms with Gasteiger partial charge in [-0.05, 0) is 141 Å². The molecule has 56 heavy (non-hydrogen) atoms. The molecule has 10 nitrogen and oxygen atoms in total. The number of nitrogens with two attached hydrogens (primary N) is 1. The van der Waals surface area contributed by atoms with Gasteiger partial charge < -0.3 is 20.3 Å². The van der Waals surface area contributed by atoms with Gasteiger partial charge in [0.1, 0.15) is 6.10 Å². The second-order valence-electron chi connectivity index (χ2n) is 20.7. The molecule has 4 fully saturated rings. The van der Waals surface area contributed by atoms with E-state index in [4.69, 9.17) is 9.88 Å². The molecule has 5 aliphatic carbocycles. The van der Waals surface area contributed by atoms with Crippen LogP contribution in [0.4, 0.5) is 0 Å². The molecule has 5 aliphatic rings. The maximum absolute atomic E-state index is 14.1. The molecule has 4 saturated carbocycles. The molecule has 1 aromatic rings. The molecule has 0 saturated heterocycles. The molecule has 0 unspecified atom stereocenters. The van der Waals surface area contributed by atoms with Crippen molar-refractivity contribution in [3.05, 3.63) is 41.0 Å². The first-order valence-electron chi connectivity index (χ1n) is 21.1. The second kappa shape index (κ2) is 14.6. The Morgan fingerprint density at radius 1 is 0.946 bits per heavy atom. The summed E-state index contributed by atoms with van der Waals surface area (Å²) in [5.74, 6) is -0.179. The number of nitrogens with one attached hydrogen (secondary N) is 1. The highest BCUT2D eigenvalue weighted by Crippen LogP contribution is 2.77. The molecule has 0 spiro atoms. The van der Waals surface area contributed by atoms with E-state index in [1.54, 1.807) is 26.0 Å². The molecule has 312 valence electrons. The maximum Gasteiger partial charge on any atom is 0.309 e. The SMILES string of the molecule is CC(C)C1=C2[C@H]3CC[C@@H]4[C@@]5(C)CC[C@H](OC(=O)CC(C)(C)C(=O)O)C(C)(C)[C@@H]5CC[C@@]4(C)[C@]3(C)CC[C@@]2([C@H](O)CNCCc2ccc(S(N)(=O)=O)cc2)CC1=O. The van der Waals surface area contributed by atoms with Crippen LogP contribution in [0.2, 0.25) is 0 Å². The standard InChI is InChI=1S/C45H68N2O8S/c1-27(2)37-31(48)24-45(34(49)26-47-23-18-28-10-12-29(13-11-28)56(46,53)54)22-21-43(8)30(38(37)45)14-15-33-42(7)19-17-35(55-36(50)25-40(3,4)39(51)52)41(5,6)32(42)16-20-44(33,43)9/h10-13,27,30,32-35,47,49H,14-26H2,1-9H3,(H,51,52)(H2,46,53,54)/t30-,32+,33-,34-,35+,42+,43-,44-,45+/m1/s1. The molecule has 0 aliphatic heterocycles. The molecule has 0 heterocycles. The Hall–Kier alpha value is -2.60. The van der Waals surface area contributed by atoms with Gasteiger partial charge >= 0.3 is 11.9 Å². The number of primary sulfonamides is 1. The monoisotopic (exact) mass is 796 g/mol. The zero-order chi connectivity index (χ0) is 41.4. The summed E-state index contributed by atoms with van der Waals surface area (Å²) >= 11 is 0. The van der Waals surface area contributed by atoms with Gasteiger partial charge in [0, 0.05) is 23.8 Å². The van der Waals surface area contributed by atoms with Crippen LogP contribution in [0.1, 0.15) is 132 Å². The Morgan fingerprint density at radius 2 is 1.61 bits per heavy atom. The van der Waals surface area contributed by atoms with Crippen molar-refractivity contribution in [1.82, 2.24) is 5.32 Å². The van der Waals surface area contributed by atoms with Gasteiger partial charge in [0.15, 0.2) is 5.78 Å². The van der Waals surface area contributed by atoms with Gasteiger partial charge in [-0.15, -0.1) is 0 Å². The summed E-state index contributed by atoms with van der Waals surface area (Å²) in [5, 5.41) is 30.5. The number of esters is 1. The minimum atomic E-state index is -3.75. The highest BCUT2D eigenvalue weighted by Gasteiger charge is 2.70. The number of sulfonamides is 1. The number of carbonyl (C=O) groups excluding carboxylic acids is 2. The van der Waals surface area contributed by atoms with E-state index in [1.807, 2.05) is 0 Å². The molecule has 1 aromatic carbocycles. The maximum atomic E-state index is 14.1. The van der Waals surface area contributed by atoms with Crippen LogP contribution in [0.5, 0.6) is 0 Å². The predicted octanol–water partition coefficient (Wildman–Crippen LogP) is 7.22. The van der Waals surface area contributed by atoms with Crippen LogP contribution in [0.3, 0.4) is 0 Å². The van der Waals surface area contributed by atoms with Gasteiger partial charge in [-0.1, -0.05) is 66.2 Å². The van der Waals surface area contributed by atoms with E-state index in [9.17, 15) is 33.0 Å². The molecule has 0 aromatic heterocycles. The quantitative estimate of drug-likeness (QED) is 0.126. The first kappa shape index (κ1) is 43.0. The fourth-order valence-electron chi connectivity index (χ4n) is 13.4. The molecular weight excluding hydrogens is 729 g/mol. The molecule has 0 bridgehead atoms. The molecular formula is C45H68N2O8S. The number of aliphatic hydroxyl groups is 1. The number of carboxylic acids is 1. The van der Waals surface area contributed by atoms with Gasteiger partial charge in [-0.25, -0.2) is 13.6 Å². The van der Waals surface area contributed by atoms with E-state index in [2.05, 4.69) is 53.8 Å². The van der Waals surface area contributed by atoms with E-state index in [1.165, 1.54) is 17.7 Å². The van der Waals surface area contributed by atoms with Crippen molar-refractivity contribution in [3.8, 4) is 0 Å². The lowest BCUT2D eigenvalue weighted by molar-refractivity contribution is -0.235. The smallest absolute Gasteiger partial charge is 0.309 e. The molecule has 9 atom stereocenters. The number of Topliss-reactive ketones (excluding diaryl/α,β-unsaturated/α-hetero) is 1. The lowest BCUT2D eigenvalue weighted by Gasteiger charge is -2.72. The normalized spacial score (nSPS) is 36.0. The van der Waals surface area contributed by atoms with Crippen molar-refractivity contribution < 1.29 is 37.8 Å². The summed E-state index contributed by atoms with van der Waals surface area (Å²) in [5.41, 5.74) is 1.11. The third kappa shape index (κ3) is 6.92. The highest BCUT2D eigenvalue weighted by atomic mass is 32.2. The summed E-state index contributed by atoms with van der Waals surface area (Å²) < 4.78 is 29.5. The number of rotatable bonds is 12. The number of ether oxygens (including phenoxy) is 1. The lowest BCUT2D eigenvalue weighted by Crippen LogP contribution is -2.66. The Morgan fingerprint density at radius 3 is 2.21 bits per heavy atom. The summed E-state index contributed by atoms with van der Waals surface area (Å²) in [6, 6.07) is 6.57. The van der Waals surface area contributed by atoms with Crippen molar-refractivity contribution in [3.63, 3.8) is 0 Å². The number of aliphatic hydroxyl groups excluding tert-OH is 1. The molecule has 11 heteroatoms. The topological polar surface area (TPSA) is 173 Å². The van der Waals surface area contributed by atoms with Crippen molar-refractivity contribution in [2.24, 2.45) is 61.3 Å². The summed E-state index contributed by atoms with van der Waals surface area (Å²) in [4.78, 5) is 39.0. The second-order valence-corrected chi connectivity index (χ2v) is 22.3. The van der Waals surface area contributed by atoms with Gasteiger partial charge in [0.2, 0.25) is 10.0 Å². The Bertz CT molecular complexity index is 1870. The number of allylic oxidation sites excluding steroid dienone is 1. The number of hydrogen-bond donors (Lipinski definition) is 4. The van der Waals surface area contributed by atoms with E-state index in [0.717, 1.165) is 62.5 Å². The third-order valence-electron chi connectivity index (χ3n) is 16.7. The minimum Gasteiger partial charge on any atom is -0.481 e. The van der Waals surface area contributed by atoms with Crippen LogP contribution in [0.15, 0.2) is 40.3 Å². The largest absolute Gasteiger partial charge is 0.481 e. The predicted molar refractivity (Wildman–Crippen MR) is 216 cm³/mol. The van der Waals surface area contributed by atoms with Gasteiger partial charge in [-0.2, -0.15) is 0 Å². The summed E-state index contributed by atoms with van der Waals surface area (Å²) in [7, 11) is -3.75. The third-order valence-corrected chi connectivity index (χ3v) is 17.6. The van der Waals surface area contributed by atoms with E-state index in [-0.39, 0.29) is 56.7 Å². The van der Waals surface area contributed by atoms with Crippen LogP contribution < -0.4 is 10.5 Å². The first-order chi connectivity index (χ1) is 25.8. The van der Waals surface area contributed by atoms with Crippen molar-refractivity contribution in [1.29, 1.82) is 0 Å². The summed E-state index contributed by atoms with van der Waals surface area (Å²) in [6.07, 6.45) is 7.41.